The third kappa shape index (κ3) is 5.67. The second-order valence-electron chi connectivity index (χ2n) is 6.05. The Morgan fingerprint density at radius 1 is 1.30 bits per heavy atom. The number of carbonyl (C=O) groups is 2. The fraction of sp³-hybridized carbons (Fsp3) is 0.211. The van der Waals surface area contributed by atoms with Gasteiger partial charge in [-0.15, -0.1) is 11.3 Å². The van der Waals surface area contributed by atoms with Crippen LogP contribution < -0.4 is 10.6 Å². The van der Waals surface area contributed by atoms with Crippen LogP contribution in [0.15, 0.2) is 52.5 Å². The number of thiazole rings is 1. The number of rotatable bonds is 7. The molecule has 3 rings (SSSR count). The van der Waals surface area contributed by atoms with E-state index in [9.17, 15) is 9.59 Å². The first-order valence-electron chi connectivity index (χ1n) is 8.32. The number of halogens is 1. The van der Waals surface area contributed by atoms with Crippen molar-refractivity contribution in [1.82, 2.24) is 10.3 Å². The molecule has 1 unspecified atom stereocenters. The third-order valence-electron chi connectivity index (χ3n) is 3.70. The van der Waals surface area contributed by atoms with Crippen molar-refractivity contribution in [2.24, 2.45) is 0 Å². The average molecular weight is 404 g/mol. The van der Waals surface area contributed by atoms with E-state index in [1.165, 1.54) is 17.6 Å². The van der Waals surface area contributed by atoms with Crippen LogP contribution in [0.4, 0.5) is 5.13 Å². The van der Waals surface area contributed by atoms with E-state index in [0.717, 1.165) is 5.56 Å². The first-order valence-corrected chi connectivity index (χ1v) is 9.58. The molecule has 2 N–H and O–H groups in total. The van der Waals surface area contributed by atoms with Gasteiger partial charge in [-0.2, -0.15) is 0 Å². The molecular weight excluding hydrogens is 386 g/mol. The molecule has 2 heterocycles. The van der Waals surface area contributed by atoms with Gasteiger partial charge in [0.25, 0.3) is 5.91 Å². The van der Waals surface area contributed by atoms with E-state index in [2.05, 4.69) is 15.6 Å². The summed E-state index contributed by atoms with van der Waals surface area (Å²) in [7, 11) is 0. The number of amides is 2. The molecule has 0 spiro atoms. The molecule has 140 valence electrons. The molecule has 0 aliphatic carbocycles. The van der Waals surface area contributed by atoms with E-state index in [4.69, 9.17) is 16.0 Å². The molecular formula is C19H18ClN3O3S. The zero-order chi connectivity index (χ0) is 19.2. The van der Waals surface area contributed by atoms with Gasteiger partial charge in [0.05, 0.1) is 18.4 Å². The predicted octanol–water partition coefficient (Wildman–Crippen LogP) is 3.93. The van der Waals surface area contributed by atoms with Crippen molar-refractivity contribution >= 4 is 39.9 Å². The van der Waals surface area contributed by atoms with Gasteiger partial charge in [-0.3, -0.25) is 14.9 Å². The number of hydrogen-bond donors (Lipinski definition) is 2. The van der Waals surface area contributed by atoms with Gasteiger partial charge in [0, 0.05) is 16.4 Å². The second-order valence-corrected chi connectivity index (χ2v) is 7.35. The highest BCUT2D eigenvalue weighted by molar-refractivity contribution is 7.14. The van der Waals surface area contributed by atoms with Crippen molar-refractivity contribution in [3.05, 3.63) is 70.1 Å². The standard InChI is InChI=1S/C19H18ClN3O3S/c1-12(8-13-4-2-5-14(20)9-13)21-17(24)10-15-11-27-19(22-15)23-18(25)16-6-3-7-26-16/h2-7,9,11-12H,8,10H2,1H3,(H,21,24)(H,22,23,25). The summed E-state index contributed by atoms with van der Waals surface area (Å²) in [4.78, 5) is 28.4. The lowest BCUT2D eigenvalue weighted by molar-refractivity contribution is -0.121. The van der Waals surface area contributed by atoms with E-state index in [0.29, 0.717) is 22.3 Å². The summed E-state index contributed by atoms with van der Waals surface area (Å²) in [5.41, 5.74) is 1.66. The van der Waals surface area contributed by atoms with E-state index >= 15 is 0 Å². The average Bonchev–Trinajstić information content (AvgIpc) is 3.26. The molecule has 27 heavy (non-hydrogen) atoms. The maximum Gasteiger partial charge on any atom is 0.293 e. The molecule has 0 aliphatic rings. The topological polar surface area (TPSA) is 84.2 Å². The van der Waals surface area contributed by atoms with Crippen LogP contribution in [0.2, 0.25) is 5.02 Å². The Labute approximate surface area is 165 Å². The second kappa shape index (κ2) is 8.83. The summed E-state index contributed by atoms with van der Waals surface area (Å²) in [5.74, 6) is -0.293. The van der Waals surface area contributed by atoms with Crippen LogP contribution in [0.1, 0.15) is 28.7 Å². The van der Waals surface area contributed by atoms with Gasteiger partial charge < -0.3 is 9.73 Å². The highest BCUT2D eigenvalue weighted by atomic mass is 35.5. The largest absolute Gasteiger partial charge is 0.459 e. The molecule has 8 heteroatoms. The smallest absolute Gasteiger partial charge is 0.293 e. The van der Waals surface area contributed by atoms with Gasteiger partial charge >= 0.3 is 0 Å². The monoisotopic (exact) mass is 403 g/mol. The first kappa shape index (κ1) is 19.1. The van der Waals surface area contributed by atoms with Crippen molar-refractivity contribution in [2.75, 3.05) is 5.32 Å². The third-order valence-corrected chi connectivity index (χ3v) is 4.74. The van der Waals surface area contributed by atoms with Crippen molar-refractivity contribution in [3.63, 3.8) is 0 Å². The van der Waals surface area contributed by atoms with Gasteiger partial charge in [0.15, 0.2) is 10.9 Å². The number of anilines is 1. The van der Waals surface area contributed by atoms with Crippen molar-refractivity contribution in [2.45, 2.75) is 25.8 Å². The van der Waals surface area contributed by atoms with Crippen LogP contribution in [0, 0.1) is 0 Å². The first-order chi connectivity index (χ1) is 13.0. The summed E-state index contributed by atoms with van der Waals surface area (Å²) in [6, 6.07) is 10.7. The quantitative estimate of drug-likeness (QED) is 0.626. The number of carbonyl (C=O) groups excluding carboxylic acids is 2. The van der Waals surface area contributed by atoms with Gasteiger partial charge in [0.2, 0.25) is 5.91 Å². The minimum Gasteiger partial charge on any atom is -0.459 e. The Morgan fingerprint density at radius 2 is 2.15 bits per heavy atom. The number of nitrogens with zero attached hydrogens (tertiary/aromatic N) is 1. The molecule has 0 radical (unpaired) electrons. The van der Waals surface area contributed by atoms with Crippen LogP contribution in [-0.2, 0) is 17.6 Å². The maximum atomic E-state index is 12.2. The van der Waals surface area contributed by atoms with E-state index in [-0.39, 0.29) is 30.0 Å². The Morgan fingerprint density at radius 3 is 2.89 bits per heavy atom. The Balaban J connectivity index is 1.49. The lowest BCUT2D eigenvalue weighted by atomic mass is 10.1. The summed E-state index contributed by atoms with van der Waals surface area (Å²) >= 11 is 7.24. The number of aromatic nitrogens is 1. The summed E-state index contributed by atoms with van der Waals surface area (Å²) in [6.07, 6.45) is 2.26. The molecule has 0 aliphatic heterocycles. The molecule has 0 bridgehead atoms. The highest BCUT2D eigenvalue weighted by Gasteiger charge is 2.14. The van der Waals surface area contributed by atoms with E-state index < -0.39 is 0 Å². The van der Waals surface area contributed by atoms with E-state index in [1.54, 1.807) is 17.5 Å². The van der Waals surface area contributed by atoms with E-state index in [1.807, 2.05) is 31.2 Å². The maximum absolute atomic E-state index is 12.2. The number of benzene rings is 1. The number of furan rings is 1. The Bertz CT molecular complexity index is 924. The van der Waals surface area contributed by atoms with Crippen molar-refractivity contribution in [1.29, 1.82) is 0 Å². The molecule has 0 saturated carbocycles. The molecule has 6 nitrogen and oxygen atoms in total. The lowest BCUT2D eigenvalue weighted by Gasteiger charge is -2.13. The molecule has 0 fully saturated rings. The van der Waals surface area contributed by atoms with Crippen molar-refractivity contribution < 1.29 is 14.0 Å². The van der Waals surface area contributed by atoms with Gasteiger partial charge in [-0.1, -0.05) is 23.7 Å². The highest BCUT2D eigenvalue weighted by Crippen LogP contribution is 2.17. The lowest BCUT2D eigenvalue weighted by Crippen LogP contribution is -2.35. The molecule has 1 aromatic carbocycles. The number of hydrogen-bond acceptors (Lipinski definition) is 5. The summed E-state index contributed by atoms with van der Waals surface area (Å²) in [5, 5.41) is 8.45. The van der Waals surface area contributed by atoms with Crippen LogP contribution >= 0.6 is 22.9 Å². The predicted molar refractivity (Wildman–Crippen MR) is 105 cm³/mol. The number of nitrogens with one attached hydrogen (secondary N) is 2. The normalized spacial score (nSPS) is 11.8. The Kier molecular flexibility index (Phi) is 6.26. The van der Waals surface area contributed by atoms with Crippen LogP contribution in [0.3, 0.4) is 0 Å². The van der Waals surface area contributed by atoms with Gasteiger partial charge in [0.1, 0.15) is 0 Å². The SMILES string of the molecule is CC(Cc1cccc(Cl)c1)NC(=O)Cc1csc(NC(=O)c2ccco2)n1. The van der Waals surface area contributed by atoms with Crippen LogP contribution in [0.5, 0.6) is 0 Å². The fourth-order valence-corrected chi connectivity index (χ4v) is 3.49. The molecule has 3 aromatic rings. The molecule has 2 amide bonds. The molecule has 0 saturated heterocycles. The van der Waals surface area contributed by atoms with Crippen LogP contribution in [0.25, 0.3) is 0 Å². The van der Waals surface area contributed by atoms with Gasteiger partial charge in [-0.05, 0) is 43.2 Å². The Hall–Kier alpha value is -2.64. The van der Waals surface area contributed by atoms with Crippen LogP contribution in [-0.4, -0.2) is 22.8 Å². The van der Waals surface area contributed by atoms with Gasteiger partial charge in [-0.25, -0.2) is 4.98 Å². The van der Waals surface area contributed by atoms with Crippen molar-refractivity contribution in [3.8, 4) is 0 Å². The minimum atomic E-state index is -0.375. The molecule has 2 aromatic heterocycles. The summed E-state index contributed by atoms with van der Waals surface area (Å²) < 4.78 is 5.03. The fourth-order valence-electron chi connectivity index (χ4n) is 2.57. The minimum absolute atomic E-state index is 0.0345. The molecule has 1 atom stereocenters. The zero-order valence-corrected chi connectivity index (χ0v) is 16.1. The summed E-state index contributed by atoms with van der Waals surface area (Å²) in [6.45, 7) is 1.94. The zero-order valence-electron chi connectivity index (χ0n) is 14.6.